The summed E-state index contributed by atoms with van der Waals surface area (Å²) in [7, 11) is 0. The van der Waals surface area contributed by atoms with Gasteiger partial charge in [0, 0.05) is 40.7 Å². The van der Waals surface area contributed by atoms with E-state index in [4.69, 9.17) is 23.7 Å². The number of amides is 3. The second kappa shape index (κ2) is 17.6. The Balaban J connectivity index is 1.93. The molecule has 0 aliphatic carbocycles. The lowest BCUT2D eigenvalue weighted by Gasteiger charge is -2.45. The van der Waals surface area contributed by atoms with Crippen LogP contribution in [0.15, 0.2) is 30.3 Å². The quantitative estimate of drug-likeness (QED) is 0.160. The van der Waals surface area contributed by atoms with Crippen LogP contribution in [0.2, 0.25) is 0 Å². The van der Waals surface area contributed by atoms with Gasteiger partial charge in [-0.15, -0.1) is 0 Å². The van der Waals surface area contributed by atoms with Gasteiger partial charge in [0.25, 0.3) is 0 Å². The molecule has 14 heteroatoms. The molecule has 0 aromatic heterocycles. The van der Waals surface area contributed by atoms with E-state index in [2.05, 4.69) is 16.0 Å². The summed E-state index contributed by atoms with van der Waals surface area (Å²) in [6.45, 7) is 4.83. The fourth-order valence-electron chi connectivity index (χ4n) is 4.24. The first kappa shape index (κ1) is 34.0. The molecule has 42 heavy (non-hydrogen) atoms. The maximum atomic E-state index is 12.8. The molecule has 232 valence electrons. The molecule has 0 spiro atoms. The standard InChI is InChI=1S/C28H39N3O11/c1-17(32)30-24-26(41-20(4)35)25(40-19(3)34)22(16-38-18(2)33)42-27(24)31-23(36)13-9-6-10-14-29-28(37)39-15-21-11-7-5-8-12-21/h5,7-8,11-12,22,24-27H,6,9-10,13-16H2,1-4H3,(H,29,37)(H,30,32)(H,31,36)/t22?,24-,25-,26-,27-/m1/s1. The molecule has 14 nitrogen and oxygen atoms in total. The first-order chi connectivity index (χ1) is 20.0. The number of carbonyl (C=O) groups excluding carboxylic acids is 6. The molecule has 5 atom stereocenters. The third kappa shape index (κ3) is 12.5. The number of nitrogens with one attached hydrogen (secondary N) is 3. The SMILES string of the molecule is CC(=O)N[C@@H]1[C@@H](OC(C)=O)[C@H](OC(C)=O)C(COC(C)=O)O[C@H]1NC(=O)CCCCCNC(=O)OCc1ccccc1. The second-order valence-corrected chi connectivity index (χ2v) is 9.64. The average molecular weight is 594 g/mol. The van der Waals surface area contributed by atoms with Gasteiger partial charge >= 0.3 is 24.0 Å². The van der Waals surface area contributed by atoms with E-state index in [1.165, 1.54) is 13.8 Å². The number of esters is 3. The van der Waals surface area contributed by atoms with E-state index in [9.17, 15) is 28.8 Å². The minimum atomic E-state index is -1.26. The van der Waals surface area contributed by atoms with Crippen LogP contribution in [0, 0.1) is 0 Å². The summed E-state index contributed by atoms with van der Waals surface area (Å²) in [4.78, 5) is 71.8. The molecule has 1 aliphatic heterocycles. The summed E-state index contributed by atoms with van der Waals surface area (Å²) >= 11 is 0. The van der Waals surface area contributed by atoms with E-state index >= 15 is 0 Å². The van der Waals surface area contributed by atoms with Crippen molar-refractivity contribution in [3.8, 4) is 0 Å². The van der Waals surface area contributed by atoms with Crippen LogP contribution in [0.4, 0.5) is 4.79 Å². The number of ether oxygens (including phenoxy) is 5. The Morgan fingerprint density at radius 3 is 2.07 bits per heavy atom. The second-order valence-electron chi connectivity index (χ2n) is 9.64. The van der Waals surface area contributed by atoms with Crippen LogP contribution in [0.1, 0.15) is 58.9 Å². The highest BCUT2D eigenvalue weighted by atomic mass is 16.6. The molecule has 0 radical (unpaired) electrons. The van der Waals surface area contributed by atoms with E-state index in [1.807, 2.05) is 30.3 Å². The van der Waals surface area contributed by atoms with E-state index in [1.54, 1.807) is 0 Å². The Hall–Kier alpha value is -4.20. The summed E-state index contributed by atoms with van der Waals surface area (Å²) in [6, 6.07) is 8.16. The Bertz CT molecular complexity index is 1080. The van der Waals surface area contributed by atoms with Crippen LogP contribution >= 0.6 is 0 Å². The summed E-state index contributed by atoms with van der Waals surface area (Å²) in [6.07, 6.45) is -3.59. The number of unbranched alkanes of at least 4 members (excludes halogenated alkanes) is 2. The van der Waals surface area contributed by atoms with Crippen molar-refractivity contribution < 1.29 is 52.5 Å². The minimum Gasteiger partial charge on any atom is -0.463 e. The Labute approximate surface area is 244 Å². The lowest BCUT2D eigenvalue weighted by Crippen LogP contribution is -2.69. The molecular formula is C28H39N3O11. The molecule has 3 amide bonds. The van der Waals surface area contributed by atoms with Gasteiger partial charge in [-0.05, 0) is 18.4 Å². The van der Waals surface area contributed by atoms with Crippen molar-refractivity contribution in [1.82, 2.24) is 16.0 Å². The van der Waals surface area contributed by atoms with Crippen molar-refractivity contribution >= 4 is 35.8 Å². The van der Waals surface area contributed by atoms with E-state index in [0.29, 0.717) is 25.8 Å². The first-order valence-corrected chi connectivity index (χ1v) is 13.6. The Kier molecular flexibility index (Phi) is 14.2. The monoisotopic (exact) mass is 593 g/mol. The van der Waals surface area contributed by atoms with E-state index in [-0.39, 0.29) is 19.6 Å². The topological polar surface area (TPSA) is 185 Å². The number of rotatable bonds is 14. The molecule has 3 N–H and O–H groups in total. The molecular weight excluding hydrogens is 554 g/mol. The van der Waals surface area contributed by atoms with Gasteiger partial charge in [-0.2, -0.15) is 0 Å². The average Bonchev–Trinajstić information content (AvgIpc) is 2.91. The number of alkyl carbamates (subject to hydrolysis) is 1. The van der Waals surface area contributed by atoms with Gasteiger partial charge in [-0.3, -0.25) is 24.0 Å². The maximum Gasteiger partial charge on any atom is 0.407 e. The highest BCUT2D eigenvalue weighted by molar-refractivity contribution is 5.77. The lowest BCUT2D eigenvalue weighted by atomic mass is 9.95. The normalized spacial score (nSPS) is 21.3. The van der Waals surface area contributed by atoms with Gasteiger partial charge in [0.15, 0.2) is 18.4 Å². The van der Waals surface area contributed by atoms with Crippen LogP contribution < -0.4 is 16.0 Å². The predicted octanol–water partition coefficient (Wildman–Crippen LogP) is 1.25. The van der Waals surface area contributed by atoms with E-state index < -0.39 is 66.4 Å². The van der Waals surface area contributed by atoms with Crippen molar-refractivity contribution in [2.24, 2.45) is 0 Å². The van der Waals surface area contributed by atoms with Gasteiger partial charge in [-0.25, -0.2) is 4.79 Å². The number of benzene rings is 1. The van der Waals surface area contributed by atoms with Crippen LogP contribution in [0.5, 0.6) is 0 Å². The van der Waals surface area contributed by atoms with Crippen LogP contribution in [-0.4, -0.2) is 79.5 Å². The molecule has 1 aromatic rings. The molecule has 2 rings (SSSR count). The van der Waals surface area contributed by atoms with Gasteiger partial charge in [-0.1, -0.05) is 36.8 Å². The van der Waals surface area contributed by atoms with E-state index in [0.717, 1.165) is 19.4 Å². The minimum absolute atomic E-state index is 0.0886. The van der Waals surface area contributed by atoms with Gasteiger partial charge in [0.1, 0.15) is 25.4 Å². The molecule has 1 heterocycles. The highest BCUT2D eigenvalue weighted by Gasteiger charge is 2.51. The summed E-state index contributed by atoms with van der Waals surface area (Å²) < 4.78 is 26.9. The summed E-state index contributed by atoms with van der Waals surface area (Å²) in [5.41, 5.74) is 0.875. The molecule has 1 fully saturated rings. The van der Waals surface area contributed by atoms with Gasteiger partial charge in [0.2, 0.25) is 11.8 Å². The molecule has 0 saturated carbocycles. The van der Waals surface area contributed by atoms with Crippen LogP contribution in [0.3, 0.4) is 0 Å². The lowest BCUT2D eigenvalue weighted by molar-refractivity contribution is -0.228. The highest BCUT2D eigenvalue weighted by Crippen LogP contribution is 2.26. The maximum absolute atomic E-state index is 12.8. The van der Waals surface area contributed by atoms with Crippen LogP contribution in [0.25, 0.3) is 0 Å². The zero-order valence-corrected chi connectivity index (χ0v) is 24.2. The third-order valence-corrected chi connectivity index (χ3v) is 5.98. The first-order valence-electron chi connectivity index (χ1n) is 13.6. The molecule has 1 aliphatic rings. The van der Waals surface area contributed by atoms with Gasteiger partial charge in [0.05, 0.1) is 0 Å². The van der Waals surface area contributed by atoms with Crippen molar-refractivity contribution in [1.29, 1.82) is 0 Å². The fraction of sp³-hybridized carbons (Fsp3) is 0.571. The Morgan fingerprint density at radius 1 is 0.786 bits per heavy atom. The van der Waals surface area contributed by atoms with Gasteiger partial charge < -0.3 is 39.6 Å². The largest absolute Gasteiger partial charge is 0.463 e. The zero-order chi connectivity index (χ0) is 31.1. The smallest absolute Gasteiger partial charge is 0.407 e. The predicted molar refractivity (Wildman–Crippen MR) is 145 cm³/mol. The van der Waals surface area contributed by atoms with Crippen molar-refractivity contribution in [3.05, 3.63) is 35.9 Å². The molecule has 1 aromatic carbocycles. The number of hydrogen-bond acceptors (Lipinski definition) is 11. The molecule has 0 bridgehead atoms. The van der Waals surface area contributed by atoms with Crippen molar-refractivity contribution in [2.45, 2.75) is 90.6 Å². The van der Waals surface area contributed by atoms with Crippen LogP contribution in [-0.2, 0) is 54.3 Å². The Morgan fingerprint density at radius 2 is 1.45 bits per heavy atom. The molecule has 1 saturated heterocycles. The molecule has 1 unspecified atom stereocenters. The summed E-state index contributed by atoms with van der Waals surface area (Å²) in [5, 5.41) is 7.92. The number of hydrogen-bond donors (Lipinski definition) is 3. The fourth-order valence-corrected chi connectivity index (χ4v) is 4.24. The van der Waals surface area contributed by atoms with Crippen molar-refractivity contribution in [3.63, 3.8) is 0 Å². The summed E-state index contributed by atoms with van der Waals surface area (Å²) in [5.74, 6) is -3.04. The zero-order valence-electron chi connectivity index (χ0n) is 24.2. The van der Waals surface area contributed by atoms with Crippen molar-refractivity contribution in [2.75, 3.05) is 13.2 Å². The third-order valence-electron chi connectivity index (χ3n) is 5.98. The number of carbonyl (C=O) groups is 6.